The van der Waals surface area contributed by atoms with E-state index in [-0.39, 0.29) is 10.8 Å². The number of aromatic amines is 1. The van der Waals surface area contributed by atoms with Gasteiger partial charge in [-0.15, -0.1) is 0 Å². The number of hydrogen-bond acceptors (Lipinski definition) is 4. The van der Waals surface area contributed by atoms with Crippen LogP contribution in [-0.2, 0) is 6.42 Å². The van der Waals surface area contributed by atoms with Crippen LogP contribution in [0, 0.1) is 5.92 Å². The second kappa shape index (κ2) is 8.08. The number of aromatic hydroxyl groups is 1. The quantitative estimate of drug-likeness (QED) is 0.775. The van der Waals surface area contributed by atoms with Crippen LogP contribution < -0.4 is 9.61 Å². The Kier molecular flexibility index (Phi) is 5.85. The average molecular weight is 368 g/mol. The van der Waals surface area contributed by atoms with Crippen molar-refractivity contribution in [3.63, 3.8) is 0 Å². The lowest BCUT2D eigenvalue weighted by Gasteiger charge is -2.21. The van der Waals surface area contributed by atoms with Gasteiger partial charge >= 0.3 is 4.87 Å². The van der Waals surface area contributed by atoms with Crippen molar-refractivity contribution in [2.45, 2.75) is 44.9 Å². The highest BCUT2D eigenvalue weighted by atomic mass is 35.5. The zero-order valence-corrected chi connectivity index (χ0v) is 15.1. The topological polar surface area (TPSA) is 62.3 Å². The Morgan fingerprint density at radius 3 is 2.75 bits per heavy atom. The molecule has 0 aliphatic heterocycles. The zero-order valence-electron chi connectivity index (χ0n) is 13.5. The fourth-order valence-corrected chi connectivity index (χ4v) is 4.21. The van der Waals surface area contributed by atoms with E-state index in [1.807, 2.05) is 18.2 Å². The van der Waals surface area contributed by atoms with Crippen molar-refractivity contribution in [2.75, 3.05) is 6.61 Å². The first-order valence-corrected chi connectivity index (χ1v) is 9.63. The summed E-state index contributed by atoms with van der Waals surface area (Å²) < 4.78 is 5.84. The van der Waals surface area contributed by atoms with E-state index in [4.69, 9.17) is 16.3 Å². The normalized spacial score (nSPS) is 15.5. The number of halogens is 1. The molecule has 1 heterocycles. The van der Waals surface area contributed by atoms with Crippen molar-refractivity contribution in [1.29, 1.82) is 0 Å². The average Bonchev–Trinajstić information content (AvgIpc) is 2.88. The van der Waals surface area contributed by atoms with E-state index >= 15 is 0 Å². The highest BCUT2D eigenvalue weighted by Crippen LogP contribution is 2.29. The lowest BCUT2D eigenvalue weighted by atomic mass is 9.87. The molecule has 1 fully saturated rings. The molecule has 3 rings (SSSR count). The Labute approximate surface area is 150 Å². The molecule has 0 bridgehead atoms. The molecule has 6 heteroatoms. The summed E-state index contributed by atoms with van der Waals surface area (Å²) >= 11 is 7.32. The van der Waals surface area contributed by atoms with Crippen molar-refractivity contribution >= 4 is 22.9 Å². The predicted octanol–water partition coefficient (Wildman–Crippen LogP) is 4.74. The number of nitrogens with one attached hydrogen (secondary N) is 1. The highest BCUT2D eigenvalue weighted by molar-refractivity contribution is 7.09. The van der Waals surface area contributed by atoms with Crippen LogP contribution in [0.15, 0.2) is 23.0 Å². The highest BCUT2D eigenvalue weighted by Gasteiger charge is 2.14. The minimum atomic E-state index is -0.263. The van der Waals surface area contributed by atoms with Gasteiger partial charge in [-0.05, 0) is 30.0 Å². The molecule has 0 unspecified atom stereocenters. The van der Waals surface area contributed by atoms with Gasteiger partial charge in [0.25, 0.3) is 0 Å². The molecular weight excluding hydrogens is 346 g/mol. The van der Waals surface area contributed by atoms with Crippen LogP contribution in [0.5, 0.6) is 11.6 Å². The van der Waals surface area contributed by atoms with E-state index in [1.54, 1.807) is 0 Å². The second-order valence-corrected chi connectivity index (χ2v) is 7.83. The summed E-state index contributed by atoms with van der Waals surface area (Å²) in [5, 5.41) is 10.3. The third-order valence-electron chi connectivity index (χ3n) is 4.60. The van der Waals surface area contributed by atoms with Gasteiger partial charge in [0, 0.05) is 11.4 Å². The van der Waals surface area contributed by atoms with Crippen LogP contribution in [0.2, 0.25) is 5.02 Å². The third kappa shape index (κ3) is 4.54. The Balaban J connectivity index is 1.56. The molecule has 0 spiro atoms. The first kappa shape index (κ1) is 17.4. The van der Waals surface area contributed by atoms with Gasteiger partial charge in [-0.3, -0.25) is 9.78 Å². The van der Waals surface area contributed by atoms with Crippen LogP contribution in [0.3, 0.4) is 0 Å². The number of H-pyrrole nitrogens is 1. The summed E-state index contributed by atoms with van der Waals surface area (Å²) in [5.74, 6) is 1.49. The molecule has 4 nitrogen and oxygen atoms in total. The molecule has 1 aromatic carbocycles. The van der Waals surface area contributed by atoms with E-state index in [1.165, 1.54) is 32.1 Å². The first-order valence-electron chi connectivity index (χ1n) is 8.44. The van der Waals surface area contributed by atoms with Crippen molar-refractivity contribution in [3.8, 4) is 11.6 Å². The summed E-state index contributed by atoms with van der Waals surface area (Å²) in [6.07, 6.45) is 8.26. The van der Waals surface area contributed by atoms with Gasteiger partial charge < -0.3 is 9.84 Å². The second-order valence-electron chi connectivity index (χ2n) is 6.36. The van der Waals surface area contributed by atoms with Gasteiger partial charge in [0.05, 0.1) is 11.5 Å². The summed E-state index contributed by atoms with van der Waals surface area (Å²) in [5.41, 5.74) is 0.863. The Morgan fingerprint density at radius 2 is 2.08 bits per heavy atom. The fraction of sp³-hybridized carbons (Fsp3) is 0.500. The van der Waals surface area contributed by atoms with Crippen LogP contribution in [-0.4, -0.2) is 16.7 Å². The molecule has 24 heavy (non-hydrogen) atoms. The van der Waals surface area contributed by atoms with Gasteiger partial charge in [0.1, 0.15) is 5.75 Å². The number of benzene rings is 1. The maximum atomic E-state index is 11.2. The van der Waals surface area contributed by atoms with Crippen LogP contribution >= 0.6 is 22.9 Å². The minimum absolute atomic E-state index is 0.0751. The van der Waals surface area contributed by atoms with Gasteiger partial charge in [0.2, 0.25) is 5.88 Å². The zero-order chi connectivity index (χ0) is 16.9. The molecule has 2 N–H and O–H groups in total. The molecule has 0 atom stereocenters. The summed E-state index contributed by atoms with van der Waals surface area (Å²) in [6, 6.07) is 5.60. The van der Waals surface area contributed by atoms with Gasteiger partial charge in [-0.2, -0.15) is 0 Å². The fourth-order valence-electron chi connectivity index (χ4n) is 3.23. The number of aromatic nitrogens is 1. The van der Waals surface area contributed by atoms with Gasteiger partial charge in [-0.25, -0.2) is 0 Å². The van der Waals surface area contributed by atoms with Gasteiger partial charge in [-0.1, -0.05) is 61.1 Å². The molecule has 1 saturated carbocycles. The third-order valence-corrected chi connectivity index (χ3v) is 5.82. The number of ether oxygens (including phenoxy) is 1. The summed E-state index contributed by atoms with van der Waals surface area (Å²) in [6.45, 7) is 0.723. The van der Waals surface area contributed by atoms with Crippen LogP contribution in [0.4, 0.5) is 0 Å². The molecule has 0 saturated heterocycles. The van der Waals surface area contributed by atoms with E-state index in [2.05, 4.69) is 4.98 Å². The standard InChI is InChI=1S/C18H22ClNO3S/c19-15-11-14(23-9-8-12-4-2-1-3-5-12)7-6-13(15)10-16-17(21)20-18(22)24-16/h6-7,11-12,21H,1-5,8-10H2,(H,20,22). The molecule has 2 aromatic rings. The van der Waals surface area contributed by atoms with Gasteiger partial charge in [0.15, 0.2) is 0 Å². The molecule has 1 aromatic heterocycles. The first-order chi connectivity index (χ1) is 11.6. The molecule has 0 amide bonds. The van der Waals surface area contributed by atoms with Crippen molar-refractivity contribution in [3.05, 3.63) is 43.3 Å². The lowest BCUT2D eigenvalue weighted by molar-refractivity contribution is 0.246. The Morgan fingerprint density at radius 1 is 1.29 bits per heavy atom. The largest absolute Gasteiger partial charge is 0.494 e. The van der Waals surface area contributed by atoms with E-state index in [0.717, 1.165) is 41.6 Å². The summed E-state index contributed by atoms with van der Waals surface area (Å²) in [7, 11) is 0. The monoisotopic (exact) mass is 367 g/mol. The Bertz CT molecular complexity index is 734. The van der Waals surface area contributed by atoms with E-state index in [0.29, 0.717) is 16.3 Å². The maximum absolute atomic E-state index is 11.2. The molecule has 1 aliphatic rings. The number of thiazole rings is 1. The molecule has 1 aliphatic carbocycles. The number of rotatable bonds is 6. The molecule has 130 valence electrons. The number of hydrogen-bond donors (Lipinski definition) is 2. The smallest absolute Gasteiger partial charge is 0.307 e. The van der Waals surface area contributed by atoms with Crippen LogP contribution in [0.1, 0.15) is 49.0 Å². The molecular formula is C18H22ClNO3S. The maximum Gasteiger partial charge on any atom is 0.307 e. The van der Waals surface area contributed by atoms with E-state index < -0.39 is 0 Å². The van der Waals surface area contributed by atoms with Crippen molar-refractivity contribution in [2.24, 2.45) is 5.92 Å². The van der Waals surface area contributed by atoms with Crippen LogP contribution in [0.25, 0.3) is 0 Å². The van der Waals surface area contributed by atoms with E-state index in [9.17, 15) is 9.90 Å². The lowest BCUT2D eigenvalue weighted by Crippen LogP contribution is -2.10. The predicted molar refractivity (Wildman–Crippen MR) is 97.5 cm³/mol. The SMILES string of the molecule is O=c1[nH]c(O)c(Cc2ccc(OCCC3CCCCC3)cc2Cl)s1. The minimum Gasteiger partial charge on any atom is -0.494 e. The molecule has 0 radical (unpaired) electrons. The Hall–Kier alpha value is -1.46. The van der Waals surface area contributed by atoms with Crippen molar-refractivity contribution < 1.29 is 9.84 Å². The van der Waals surface area contributed by atoms with Crippen molar-refractivity contribution in [1.82, 2.24) is 4.98 Å². The summed E-state index contributed by atoms with van der Waals surface area (Å²) in [4.78, 5) is 13.9.